The van der Waals surface area contributed by atoms with Gasteiger partial charge in [-0.1, -0.05) is 51.1 Å². The van der Waals surface area contributed by atoms with Gasteiger partial charge < -0.3 is 38.6 Å². The fourth-order valence-corrected chi connectivity index (χ4v) is 8.82. The third kappa shape index (κ3) is 9.90. The SMILES string of the molecule is C=CCO[C@]1(C)C[C@@H](C)CN[C@H](C)[C@H]2N(CC=C)C(=O)O[C@]2(C)[C@@H](CC)OC(=O)C(C)C(=O)[C@H](C)[C@H]1O[C@@H]1O[C@H](C)CC(N(C)C)C1OC(=O)c1ccccc1. The molecule has 0 radical (unpaired) electrons. The number of hydrogen-bond acceptors (Lipinski definition) is 12. The van der Waals surface area contributed by atoms with E-state index in [1.165, 1.54) is 6.92 Å². The summed E-state index contributed by atoms with van der Waals surface area (Å²) in [5.74, 6) is -3.92. The lowest BCUT2D eigenvalue weighted by Crippen LogP contribution is -2.60. The van der Waals surface area contributed by atoms with Crippen LogP contribution in [0.2, 0.25) is 0 Å². The summed E-state index contributed by atoms with van der Waals surface area (Å²) in [6.45, 7) is 23.4. The minimum atomic E-state index is -1.23. The zero-order valence-corrected chi connectivity index (χ0v) is 35.0. The standard InChI is InChI=1S/C43H65N3O10/c1-13-21-46-36-30(8)44-25-26(4)24-42(9,51-22-14-2)37(28(6)34(47)29(7)38(48)53-33(15-3)43(36,10)56-41(46)50)55-40-35(32(45(11)12)23-27(5)52-40)54-39(49)31-19-17-16-18-20-31/h13-14,16-20,26-30,32-33,35-37,40,44H,1-2,15,21-25H2,3-12H3/t26-,27-,28+,29?,30-,32?,33-,35?,36-,37-,40+,42-,43-/m1/s1. The predicted molar refractivity (Wildman–Crippen MR) is 212 cm³/mol. The van der Waals surface area contributed by atoms with E-state index in [0.717, 1.165) is 0 Å². The molecule has 1 N–H and O–H groups in total. The summed E-state index contributed by atoms with van der Waals surface area (Å²) in [7, 11) is 3.82. The van der Waals surface area contributed by atoms with Gasteiger partial charge in [0.15, 0.2) is 23.8 Å². The molecule has 13 heteroatoms. The molecule has 3 aliphatic heterocycles. The molecule has 312 valence electrons. The summed E-state index contributed by atoms with van der Waals surface area (Å²) in [5.41, 5.74) is -2.00. The number of fused-ring (bicyclic) bond motifs is 1. The number of ether oxygens (including phenoxy) is 6. The largest absolute Gasteiger partial charge is 0.458 e. The maximum Gasteiger partial charge on any atom is 0.411 e. The zero-order valence-electron chi connectivity index (χ0n) is 35.0. The second-order valence-corrected chi connectivity index (χ2v) is 16.5. The molecule has 3 fully saturated rings. The Hall–Kier alpha value is -3.62. The van der Waals surface area contributed by atoms with E-state index in [0.29, 0.717) is 31.4 Å². The Morgan fingerprint density at radius 2 is 1.73 bits per heavy atom. The van der Waals surface area contributed by atoms with E-state index in [4.69, 9.17) is 28.4 Å². The minimum Gasteiger partial charge on any atom is -0.458 e. The molecule has 1 aromatic carbocycles. The van der Waals surface area contributed by atoms with Crippen molar-refractivity contribution in [3.63, 3.8) is 0 Å². The molecular weight excluding hydrogens is 718 g/mol. The number of esters is 2. The van der Waals surface area contributed by atoms with Crippen LogP contribution in [-0.2, 0) is 38.0 Å². The lowest BCUT2D eigenvalue weighted by Gasteiger charge is -2.47. The van der Waals surface area contributed by atoms with Gasteiger partial charge >= 0.3 is 18.0 Å². The first-order valence-electron chi connectivity index (χ1n) is 20.0. The van der Waals surface area contributed by atoms with E-state index in [1.54, 1.807) is 55.2 Å². The first-order valence-corrected chi connectivity index (χ1v) is 20.0. The Bertz CT molecular complexity index is 1540. The number of likely N-dealkylation sites (N-methyl/N-ethyl adjacent to an activating group) is 1. The van der Waals surface area contributed by atoms with Gasteiger partial charge in [-0.3, -0.25) is 14.5 Å². The molecular formula is C43H65N3O10. The first kappa shape index (κ1) is 45.1. The number of nitrogens with one attached hydrogen (secondary N) is 1. The van der Waals surface area contributed by atoms with Crippen LogP contribution in [0, 0.1) is 17.8 Å². The van der Waals surface area contributed by atoms with Gasteiger partial charge in [-0.25, -0.2) is 9.59 Å². The lowest BCUT2D eigenvalue weighted by atomic mass is 9.78. The van der Waals surface area contributed by atoms with Crippen LogP contribution < -0.4 is 5.32 Å². The quantitative estimate of drug-likeness (QED) is 0.130. The Morgan fingerprint density at radius 3 is 2.34 bits per heavy atom. The highest BCUT2D eigenvalue weighted by atomic mass is 16.7. The molecule has 1 amide bonds. The molecule has 3 heterocycles. The van der Waals surface area contributed by atoms with Crippen LogP contribution in [0.15, 0.2) is 55.6 Å². The number of rotatable bonds is 11. The van der Waals surface area contributed by atoms with Crippen LogP contribution in [0.5, 0.6) is 0 Å². The van der Waals surface area contributed by atoms with Crippen LogP contribution in [0.1, 0.15) is 85.0 Å². The molecule has 3 unspecified atom stereocenters. The molecule has 13 atom stereocenters. The maximum absolute atomic E-state index is 14.6. The fourth-order valence-electron chi connectivity index (χ4n) is 8.82. The highest BCUT2D eigenvalue weighted by Gasteiger charge is 2.58. The number of carbonyl (C=O) groups is 4. The number of carbonyl (C=O) groups excluding carboxylic acids is 4. The average Bonchev–Trinajstić information content (AvgIpc) is 3.42. The van der Waals surface area contributed by atoms with Crippen molar-refractivity contribution in [2.24, 2.45) is 17.8 Å². The van der Waals surface area contributed by atoms with Crippen LogP contribution in [0.4, 0.5) is 4.79 Å². The minimum absolute atomic E-state index is 0.0624. The van der Waals surface area contributed by atoms with Crippen molar-refractivity contribution in [1.29, 1.82) is 0 Å². The van der Waals surface area contributed by atoms with Gasteiger partial charge in [0.25, 0.3) is 0 Å². The smallest absolute Gasteiger partial charge is 0.411 e. The third-order valence-electron chi connectivity index (χ3n) is 11.7. The summed E-state index contributed by atoms with van der Waals surface area (Å²) >= 11 is 0. The Labute approximate surface area is 333 Å². The number of Topliss-reactive ketones (excluding diaryl/α,β-unsaturated/α-hetero) is 1. The van der Waals surface area contributed by atoms with Gasteiger partial charge in [0.2, 0.25) is 0 Å². The normalized spacial score (nSPS) is 37.4. The summed E-state index contributed by atoms with van der Waals surface area (Å²) in [4.78, 5) is 59.1. The molecule has 4 rings (SSSR count). The summed E-state index contributed by atoms with van der Waals surface area (Å²) in [6, 6.07) is 7.60. The first-order chi connectivity index (χ1) is 26.4. The zero-order chi connectivity index (χ0) is 41.5. The molecule has 1 aromatic rings. The van der Waals surface area contributed by atoms with Crippen LogP contribution in [-0.4, -0.2) is 127 Å². The van der Waals surface area contributed by atoms with Crippen molar-refractivity contribution in [3.8, 4) is 0 Å². The van der Waals surface area contributed by atoms with Crippen molar-refractivity contribution in [2.45, 2.75) is 135 Å². The molecule has 0 aromatic heterocycles. The number of hydrogen-bond donors (Lipinski definition) is 1. The van der Waals surface area contributed by atoms with Gasteiger partial charge in [-0.05, 0) is 92.6 Å². The second-order valence-electron chi connectivity index (χ2n) is 16.5. The van der Waals surface area contributed by atoms with E-state index in [1.807, 2.05) is 52.8 Å². The number of amides is 1. The van der Waals surface area contributed by atoms with Crippen molar-refractivity contribution < 1.29 is 47.6 Å². The highest BCUT2D eigenvalue weighted by molar-refractivity contribution is 6.00. The van der Waals surface area contributed by atoms with Crippen molar-refractivity contribution >= 4 is 23.8 Å². The monoisotopic (exact) mass is 783 g/mol. The van der Waals surface area contributed by atoms with E-state index in [9.17, 15) is 19.2 Å². The number of cyclic esters (lactones) is 1. The fraction of sp³-hybridized carbons (Fsp3) is 0.674. The van der Waals surface area contributed by atoms with E-state index < -0.39 is 77.5 Å². The average molecular weight is 784 g/mol. The number of benzene rings is 1. The predicted octanol–water partition coefficient (Wildman–Crippen LogP) is 5.57. The van der Waals surface area contributed by atoms with E-state index >= 15 is 0 Å². The third-order valence-corrected chi connectivity index (χ3v) is 11.7. The Kier molecular flexibility index (Phi) is 15.5. The van der Waals surface area contributed by atoms with Crippen molar-refractivity contribution in [3.05, 3.63) is 61.2 Å². The lowest BCUT2D eigenvalue weighted by molar-refractivity contribution is -0.296. The maximum atomic E-state index is 14.6. The summed E-state index contributed by atoms with van der Waals surface area (Å²) in [6.07, 6.45) is -0.0692. The highest BCUT2D eigenvalue weighted by Crippen LogP contribution is 2.40. The number of nitrogens with zero attached hydrogens (tertiary/aromatic N) is 2. The second kappa shape index (κ2) is 19.2. The summed E-state index contributed by atoms with van der Waals surface area (Å²) < 4.78 is 38.5. The van der Waals surface area contributed by atoms with Crippen LogP contribution >= 0.6 is 0 Å². The van der Waals surface area contributed by atoms with Gasteiger partial charge in [-0.15, -0.1) is 13.2 Å². The molecule has 0 spiro atoms. The van der Waals surface area contributed by atoms with Gasteiger partial charge in [0, 0.05) is 18.5 Å². The molecule has 56 heavy (non-hydrogen) atoms. The van der Waals surface area contributed by atoms with Crippen LogP contribution in [0.3, 0.4) is 0 Å². The molecule has 0 bridgehead atoms. The Morgan fingerprint density at radius 1 is 1.05 bits per heavy atom. The molecule has 3 saturated heterocycles. The topological polar surface area (TPSA) is 142 Å². The van der Waals surface area contributed by atoms with Crippen LogP contribution in [0.25, 0.3) is 0 Å². The Balaban J connectivity index is 1.80. The molecule has 0 aliphatic carbocycles. The van der Waals surface area contributed by atoms with Crippen molar-refractivity contribution in [1.82, 2.24) is 15.1 Å². The van der Waals surface area contributed by atoms with E-state index in [2.05, 4.69) is 25.4 Å². The van der Waals surface area contributed by atoms with Gasteiger partial charge in [0.05, 0.1) is 42.1 Å². The van der Waals surface area contributed by atoms with E-state index in [-0.39, 0.29) is 37.3 Å². The summed E-state index contributed by atoms with van der Waals surface area (Å²) in [5, 5.41) is 3.63. The molecule has 3 aliphatic rings. The molecule has 0 saturated carbocycles. The van der Waals surface area contributed by atoms with Crippen molar-refractivity contribution in [2.75, 3.05) is 33.8 Å². The van der Waals surface area contributed by atoms with Gasteiger partial charge in [0.1, 0.15) is 12.0 Å². The number of ketones is 1. The van der Waals surface area contributed by atoms with Gasteiger partial charge in [-0.2, -0.15) is 0 Å². The molecule has 13 nitrogen and oxygen atoms in total.